The fourth-order valence-electron chi connectivity index (χ4n) is 1.98. The van der Waals surface area contributed by atoms with E-state index in [0.29, 0.717) is 12.0 Å². The van der Waals surface area contributed by atoms with Crippen molar-refractivity contribution in [2.24, 2.45) is 5.92 Å². The molecule has 0 aromatic heterocycles. The van der Waals surface area contributed by atoms with Crippen LogP contribution in [-0.2, 0) is 4.74 Å². The van der Waals surface area contributed by atoms with Gasteiger partial charge in [-0.25, -0.2) is 4.79 Å². The van der Waals surface area contributed by atoms with Crippen molar-refractivity contribution < 1.29 is 9.53 Å². The van der Waals surface area contributed by atoms with Crippen LogP contribution in [0, 0.1) is 5.92 Å². The van der Waals surface area contributed by atoms with Crippen molar-refractivity contribution in [1.29, 1.82) is 0 Å². The van der Waals surface area contributed by atoms with Gasteiger partial charge in [0.15, 0.2) is 0 Å². The molecule has 1 saturated heterocycles. The Bertz CT molecular complexity index is 180. The van der Waals surface area contributed by atoms with Gasteiger partial charge in [0.2, 0.25) is 0 Å². The Kier molecular flexibility index (Phi) is 3.58. The van der Waals surface area contributed by atoms with Gasteiger partial charge in [-0.15, -0.1) is 0 Å². The molecule has 1 rings (SSSR count). The molecule has 1 atom stereocenters. The van der Waals surface area contributed by atoms with Crippen molar-refractivity contribution in [2.75, 3.05) is 13.7 Å². The predicted octanol–water partition coefficient (Wildman–Crippen LogP) is 2.26. The summed E-state index contributed by atoms with van der Waals surface area (Å²) in [7, 11) is 1.45. The van der Waals surface area contributed by atoms with Gasteiger partial charge in [-0.1, -0.05) is 13.8 Å². The lowest BCUT2D eigenvalue weighted by atomic mass is 10.0. The number of amides is 1. The quantitative estimate of drug-likeness (QED) is 0.660. The van der Waals surface area contributed by atoms with Gasteiger partial charge in [-0.3, -0.25) is 0 Å². The lowest BCUT2D eigenvalue weighted by Crippen LogP contribution is -2.36. The molecule has 1 unspecified atom stereocenters. The summed E-state index contributed by atoms with van der Waals surface area (Å²) in [4.78, 5) is 13.2. The minimum Gasteiger partial charge on any atom is -0.453 e. The number of carbonyl (C=O) groups excluding carboxylic acids is 1. The molecule has 0 aromatic carbocycles. The molecule has 1 heterocycles. The van der Waals surface area contributed by atoms with E-state index in [2.05, 4.69) is 13.8 Å². The van der Waals surface area contributed by atoms with Gasteiger partial charge in [0, 0.05) is 12.6 Å². The second-order valence-corrected chi connectivity index (χ2v) is 4.09. The summed E-state index contributed by atoms with van der Waals surface area (Å²) in [5.41, 5.74) is 0. The minimum atomic E-state index is -0.164. The molecular weight excluding hydrogens is 166 g/mol. The minimum absolute atomic E-state index is 0.164. The Labute approximate surface area is 80.1 Å². The Morgan fingerprint density at radius 3 is 2.85 bits per heavy atom. The van der Waals surface area contributed by atoms with Crippen LogP contribution in [0.25, 0.3) is 0 Å². The average Bonchev–Trinajstić information content (AvgIpc) is 2.50. The molecule has 0 spiro atoms. The van der Waals surface area contributed by atoms with Gasteiger partial charge < -0.3 is 9.64 Å². The number of rotatable bonds is 2. The summed E-state index contributed by atoms with van der Waals surface area (Å²) in [6.45, 7) is 5.24. The summed E-state index contributed by atoms with van der Waals surface area (Å²) >= 11 is 0. The largest absolute Gasteiger partial charge is 0.453 e. The standard InChI is InChI=1S/C10H19NO2/c1-8(2)7-9-5-4-6-11(9)10(12)13-3/h8-9H,4-7H2,1-3H3. The van der Waals surface area contributed by atoms with E-state index in [9.17, 15) is 4.79 Å². The lowest BCUT2D eigenvalue weighted by molar-refractivity contribution is 0.115. The van der Waals surface area contributed by atoms with Crippen LogP contribution in [0.3, 0.4) is 0 Å². The van der Waals surface area contributed by atoms with E-state index >= 15 is 0 Å². The van der Waals surface area contributed by atoms with Gasteiger partial charge in [0.1, 0.15) is 0 Å². The molecule has 0 aromatic rings. The zero-order chi connectivity index (χ0) is 9.84. The molecule has 0 aliphatic carbocycles. The van der Waals surface area contributed by atoms with Gasteiger partial charge in [0.25, 0.3) is 0 Å². The fourth-order valence-corrected chi connectivity index (χ4v) is 1.98. The molecule has 1 fully saturated rings. The first kappa shape index (κ1) is 10.4. The Morgan fingerprint density at radius 2 is 2.31 bits per heavy atom. The van der Waals surface area contributed by atoms with Crippen LogP contribution in [-0.4, -0.2) is 30.7 Å². The summed E-state index contributed by atoms with van der Waals surface area (Å²) in [5.74, 6) is 0.648. The predicted molar refractivity (Wildman–Crippen MR) is 51.6 cm³/mol. The highest BCUT2D eigenvalue weighted by Gasteiger charge is 2.29. The van der Waals surface area contributed by atoms with E-state index in [1.165, 1.54) is 7.11 Å². The zero-order valence-electron chi connectivity index (χ0n) is 8.75. The Hall–Kier alpha value is -0.730. The van der Waals surface area contributed by atoms with Crippen LogP contribution < -0.4 is 0 Å². The monoisotopic (exact) mass is 185 g/mol. The Balaban J connectivity index is 2.48. The number of nitrogens with zero attached hydrogens (tertiary/aromatic N) is 1. The molecule has 0 radical (unpaired) electrons. The molecule has 76 valence electrons. The maximum atomic E-state index is 11.3. The second kappa shape index (κ2) is 4.49. The maximum absolute atomic E-state index is 11.3. The molecule has 0 bridgehead atoms. The molecule has 1 amide bonds. The van der Waals surface area contributed by atoms with Crippen LogP contribution in [0.15, 0.2) is 0 Å². The molecule has 1 aliphatic rings. The van der Waals surface area contributed by atoms with Gasteiger partial charge in [-0.05, 0) is 25.2 Å². The van der Waals surface area contributed by atoms with Gasteiger partial charge in [0.05, 0.1) is 7.11 Å². The van der Waals surface area contributed by atoms with Crippen LogP contribution >= 0.6 is 0 Å². The molecule has 13 heavy (non-hydrogen) atoms. The maximum Gasteiger partial charge on any atom is 0.409 e. The molecule has 3 nitrogen and oxygen atoms in total. The number of carbonyl (C=O) groups is 1. The smallest absolute Gasteiger partial charge is 0.409 e. The third-order valence-corrected chi connectivity index (χ3v) is 2.53. The Morgan fingerprint density at radius 1 is 1.62 bits per heavy atom. The van der Waals surface area contributed by atoms with Crippen molar-refractivity contribution in [3.63, 3.8) is 0 Å². The van der Waals surface area contributed by atoms with Gasteiger partial charge >= 0.3 is 6.09 Å². The van der Waals surface area contributed by atoms with E-state index < -0.39 is 0 Å². The van der Waals surface area contributed by atoms with E-state index in [1.807, 2.05) is 4.90 Å². The number of hydrogen-bond acceptors (Lipinski definition) is 2. The highest BCUT2D eigenvalue weighted by atomic mass is 16.5. The highest BCUT2D eigenvalue weighted by Crippen LogP contribution is 2.23. The highest BCUT2D eigenvalue weighted by molar-refractivity contribution is 5.68. The molecule has 3 heteroatoms. The summed E-state index contributed by atoms with van der Waals surface area (Å²) in [6.07, 6.45) is 3.18. The van der Waals surface area contributed by atoms with E-state index in [4.69, 9.17) is 4.74 Å². The van der Waals surface area contributed by atoms with Crippen molar-refractivity contribution in [3.05, 3.63) is 0 Å². The lowest BCUT2D eigenvalue weighted by Gasteiger charge is -2.24. The van der Waals surface area contributed by atoms with Crippen molar-refractivity contribution in [3.8, 4) is 0 Å². The normalized spacial score (nSPS) is 22.5. The third-order valence-electron chi connectivity index (χ3n) is 2.53. The summed E-state index contributed by atoms with van der Waals surface area (Å²) in [6, 6.07) is 0.410. The van der Waals surface area contributed by atoms with Crippen molar-refractivity contribution in [1.82, 2.24) is 4.90 Å². The molecule has 0 saturated carbocycles. The van der Waals surface area contributed by atoms with Crippen LogP contribution in [0.1, 0.15) is 33.1 Å². The topological polar surface area (TPSA) is 29.5 Å². The SMILES string of the molecule is COC(=O)N1CCCC1CC(C)C. The van der Waals surface area contributed by atoms with Crippen molar-refractivity contribution in [2.45, 2.75) is 39.2 Å². The molecular formula is C10H19NO2. The van der Waals surface area contributed by atoms with Crippen molar-refractivity contribution >= 4 is 6.09 Å². The summed E-state index contributed by atoms with van der Waals surface area (Å²) in [5, 5.41) is 0. The summed E-state index contributed by atoms with van der Waals surface area (Å²) < 4.78 is 4.73. The average molecular weight is 185 g/mol. The van der Waals surface area contributed by atoms with E-state index in [0.717, 1.165) is 25.8 Å². The zero-order valence-corrected chi connectivity index (χ0v) is 8.75. The third kappa shape index (κ3) is 2.61. The van der Waals surface area contributed by atoms with Gasteiger partial charge in [-0.2, -0.15) is 0 Å². The number of methoxy groups -OCH3 is 1. The molecule has 0 N–H and O–H groups in total. The van der Waals surface area contributed by atoms with Crippen LogP contribution in [0.2, 0.25) is 0 Å². The van der Waals surface area contributed by atoms with E-state index in [-0.39, 0.29) is 6.09 Å². The number of likely N-dealkylation sites (tertiary alicyclic amines) is 1. The second-order valence-electron chi connectivity index (χ2n) is 4.09. The first-order valence-electron chi connectivity index (χ1n) is 4.99. The fraction of sp³-hybridized carbons (Fsp3) is 0.900. The van der Waals surface area contributed by atoms with Crippen LogP contribution in [0.4, 0.5) is 4.79 Å². The molecule has 1 aliphatic heterocycles. The number of ether oxygens (including phenoxy) is 1. The first-order valence-corrected chi connectivity index (χ1v) is 4.99. The van der Waals surface area contributed by atoms with Crippen LogP contribution in [0.5, 0.6) is 0 Å². The number of hydrogen-bond donors (Lipinski definition) is 0. The first-order chi connectivity index (χ1) is 6.15. The van der Waals surface area contributed by atoms with E-state index in [1.54, 1.807) is 0 Å².